The van der Waals surface area contributed by atoms with Crippen LogP contribution in [0.3, 0.4) is 0 Å². The Morgan fingerprint density at radius 1 is 1.19 bits per heavy atom. The number of furan rings is 1. The van der Waals surface area contributed by atoms with E-state index < -0.39 is 0 Å². The summed E-state index contributed by atoms with van der Waals surface area (Å²) in [5.41, 5.74) is 1.54. The molecule has 0 saturated carbocycles. The van der Waals surface area contributed by atoms with Gasteiger partial charge in [-0.2, -0.15) is 0 Å². The number of methoxy groups -OCH3 is 1. The third kappa shape index (κ3) is 1.46. The molecule has 0 aliphatic heterocycles. The third-order valence-corrected chi connectivity index (χ3v) is 2.87. The lowest BCUT2D eigenvalue weighted by atomic mass is 10.2. The maximum atomic E-state index is 5.41. The first-order valence-corrected chi connectivity index (χ1v) is 5.59. The lowest BCUT2D eigenvalue weighted by Crippen LogP contribution is -1.84. The zero-order valence-electron chi connectivity index (χ0n) is 8.53. The van der Waals surface area contributed by atoms with E-state index in [2.05, 4.69) is 20.9 Å². The topological polar surface area (TPSA) is 35.3 Å². The molecule has 4 heteroatoms. The summed E-state index contributed by atoms with van der Waals surface area (Å²) in [4.78, 5) is 4.42. The van der Waals surface area contributed by atoms with Crippen LogP contribution in [-0.2, 0) is 0 Å². The van der Waals surface area contributed by atoms with Crippen molar-refractivity contribution in [2.45, 2.75) is 0 Å². The van der Waals surface area contributed by atoms with Gasteiger partial charge in [-0.15, -0.1) is 0 Å². The maximum Gasteiger partial charge on any atom is 0.228 e. The number of fused-ring (bicyclic) bond motifs is 2. The summed E-state index contributed by atoms with van der Waals surface area (Å²) in [6.07, 6.45) is 0. The maximum absolute atomic E-state index is 5.41. The Morgan fingerprint density at radius 2 is 2.06 bits per heavy atom. The van der Waals surface area contributed by atoms with Crippen molar-refractivity contribution in [3.8, 4) is 5.75 Å². The van der Waals surface area contributed by atoms with Crippen LogP contribution in [0, 0.1) is 0 Å². The van der Waals surface area contributed by atoms with Gasteiger partial charge >= 0.3 is 0 Å². The van der Waals surface area contributed by atoms with E-state index in [1.165, 1.54) is 0 Å². The number of halogens is 1. The zero-order chi connectivity index (χ0) is 11.1. The summed E-state index contributed by atoms with van der Waals surface area (Å²) in [7, 11) is 1.65. The Kier molecular flexibility index (Phi) is 2.11. The number of pyridine rings is 1. The average Bonchev–Trinajstić information content (AvgIpc) is 2.64. The van der Waals surface area contributed by atoms with Crippen LogP contribution < -0.4 is 4.74 Å². The molecule has 2 aromatic heterocycles. The summed E-state index contributed by atoms with van der Waals surface area (Å²) in [6, 6.07) is 9.71. The monoisotopic (exact) mass is 277 g/mol. The molecule has 80 valence electrons. The number of rotatable bonds is 1. The molecule has 3 aromatic rings. The summed E-state index contributed by atoms with van der Waals surface area (Å²) < 4.78 is 11.3. The molecule has 0 spiro atoms. The molecule has 0 bridgehead atoms. The highest BCUT2D eigenvalue weighted by molar-refractivity contribution is 9.10. The Bertz CT molecular complexity index is 675. The van der Waals surface area contributed by atoms with E-state index in [1.807, 2.05) is 30.3 Å². The normalized spacial score (nSPS) is 11.1. The number of nitrogens with zero attached hydrogens (tertiary/aromatic N) is 1. The number of aromatic nitrogens is 1. The SMILES string of the molecule is COc1ccc2nc3oc(Br)cc3cc2c1. The lowest BCUT2D eigenvalue weighted by molar-refractivity contribution is 0.415. The van der Waals surface area contributed by atoms with Crippen LogP contribution in [0.5, 0.6) is 5.75 Å². The molecule has 0 atom stereocenters. The molecule has 3 rings (SSSR count). The van der Waals surface area contributed by atoms with Crippen molar-refractivity contribution in [1.82, 2.24) is 4.98 Å². The van der Waals surface area contributed by atoms with Crippen molar-refractivity contribution in [3.63, 3.8) is 0 Å². The lowest BCUT2D eigenvalue weighted by Gasteiger charge is -2.01. The second-order valence-electron chi connectivity index (χ2n) is 3.49. The van der Waals surface area contributed by atoms with Gasteiger partial charge in [0.1, 0.15) is 5.75 Å². The van der Waals surface area contributed by atoms with Gasteiger partial charge in [-0.1, -0.05) is 0 Å². The molecule has 0 fully saturated rings. The van der Waals surface area contributed by atoms with Crippen LogP contribution >= 0.6 is 15.9 Å². The van der Waals surface area contributed by atoms with E-state index in [0.717, 1.165) is 22.0 Å². The first kappa shape index (κ1) is 9.66. The molecule has 2 heterocycles. The summed E-state index contributed by atoms with van der Waals surface area (Å²) in [5, 5.41) is 2.02. The molecule has 0 radical (unpaired) electrons. The number of benzene rings is 1. The number of ether oxygens (including phenoxy) is 1. The molecular weight excluding hydrogens is 270 g/mol. The van der Waals surface area contributed by atoms with E-state index in [-0.39, 0.29) is 0 Å². The fourth-order valence-corrected chi connectivity index (χ4v) is 2.11. The van der Waals surface area contributed by atoms with Gasteiger partial charge in [-0.3, -0.25) is 0 Å². The van der Waals surface area contributed by atoms with E-state index in [9.17, 15) is 0 Å². The van der Waals surface area contributed by atoms with Gasteiger partial charge in [0.25, 0.3) is 0 Å². The molecule has 0 N–H and O–H groups in total. The molecular formula is C12H8BrNO2. The van der Waals surface area contributed by atoms with Gasteiger partial charge in [0, 0.05) is 16.8 Å². The van der Waals surface area contributed by atoms with Crippen LogP contribution in [-0.4, -0.2) is 12.1 Å². The molecule has 3 nitrogen and oxygen atoms in total. The second-order valence-corrected chi connectivity index (χ2v) is 4.27. The van der Waals surface area contributed by atoms with Gasteiger partial charge < -0.3 is 9.15 Å². The number of hydrogen-bond acceptors (Lipinski definition) is 3. The second kappa shape index (κ2) is 3.49. The van der Waals surface area contributed by atoms with Crippen molar-refractivity contribution in [2.75, 3.05) is 7.11 Å². The minimum atomic E-state index is 0.643. The van der Waals surface area contributed by atoms with Gasteiger partial charge in [-0.05, 0) is 40.2 Å². The molecule has 1 aromatic carbocycles. The first-order chi connectivity index (χ1) is 7.76. The Labute approximate surface area is 100 Å². The average molecular weight is 278 g/mol. The minimum Gasteiger partial charge on any atom is -0.497 e. The fraction of sp³-hybridized carbons (Fsp3) is 0.0833. The van der Waals surface area contributed by atoms with E-state index in [1.54, 1.807) is 7.11 Å². The van der Waals surface area contributed by atoms with Crippen molar-refractivity contribution in [2.24, 2.45) is 0 Å². The quantitative estimate of drug-likeness (QED) is 0.680. The minimum absolute atomic E-state index is 0.643. The highest BCUT2D eigenvalue weighted by atomic mass is 79.9. The largest absolute Gasteiger partial charge is 0.497 e. The summed E-state index contributed by atoms with van der Waals surface area (Å²) >= 11 is 3.29. The van der Waals surface area contributed by atoms with Crippen molar-refractivity contribution >= 4 is 37.9 Å². The van der Waals surface area contributed by atoms with Crippen LogP contribution in [0.2, 0.25) is 0 Å². The smallest absolute Gasteiger partial charge is 0.228 e. The van der Waals surface area contributed by atoms with E-state index >= 15 is 0 Å². The van der Waals surface area contributed by atoms with E-state index in [4.69, 9.17) is 9.15 Å². The molecule has 0 aliphatic rings. The van der Waals surface area contributed by atoms with Crippen molar-refractivity contribution in [1.29, 1.82) is 0 Å². The van der Waals surface area contributed by atoms with Crippen molar-refractivity contribution in [3.05, 3.63) is 35.0 Å². The summed E-state index contributed by atoms with van der Waals surface area (Å²) in [6.45, 7) is 0. The molecule has 0 amide bonds. The molecule has 0 unspecified atom stereocenters. The number of hydrogen-bond donors (Lipinski definition) is 0. The first-order valence-electron chi connectivity index (χ1n) is 4.80. The van der Waals surface area contributed by atoms with Crippen LogP contribution in [0.15, 0.2) is 39.4 Å². The highest BCUT2D eigenvalue weighted by Gasteiger charge is 2.05. The van der Waals surface area contributed by atoms with Gasteiger partial charge in [0.15, 0.2) is 4.67 Å². The van der Waals surface area contributed by atoms with Crippen LogP contribution in [0.4, 0.5) is 0 Å². The predicted octanol–water partition coefficient (Wildman–Crippen LogP) is 3.75. The van der Waals surface area contributed by atoms with Crippen molar-refractivity contribution < 1.29 is 9.15 Å². The third-order valence-electron chi connectivity index (χ3n) is 2.48. The Morgan fingerprint density at radius 3 is 2.88 bits per heavy atom. The Balaban J connectivity index is 2.36. The van der Waals surface area contributed by atoms with Crippen LogP contribution in [0.25, 0.3) is 22.0 Å². The summed E-state index contributed by atoms with van der Waals surface area (Å²) in [5.74, 6) is 0.830. The van der Waals surface area contributed by atoms with Crippen LogP contribution in [0.1, 0.15) is 0 Å². The molecule has 0 aliphatic carbocycles. The predicted molar refractivity (Wildman–Crippen MR) is 65.8 cm³/mol. The fourth-order valence-electron chi connectivity index (χ4n) is 1.71. The van der Waals surface area contributed by atoms with E-state index in [0.29, 0.717) is 10.4 Å². The van der Waals surface area contributed by atoms with Gasteiger partial charge in [0.2, 0.25) is 5.71 Å². The molecule has 16 heavy (non-hydrogen) atoms. The van der Waals surface area contributed by atoms with Gasteiger partial charge in [-0.25, -0.2) is 4.98 Å². The standard InChI is InChI=1S/C12H8BrNO2/c1-15-9-2-3-10-7(5-9)4-8-6-11(13)16-12(8)14-10/h2-6H,1H3. The molecule has 0 saturated heterocycles. The van der Waals surface area contributed by atoms with Gasteiger partial charge in [0.05, 0.1) is 12.6 Å². The Hall–Kier alpha value is -1.55. The highest BCUT2D eigenvalue weighted by Crippen LogP contribution is 2.27. The zero-order valence-corrected chi connectivity index (χ0v) is 10.1.